The quantitative estimate of drug-likeness (QED) is 0.0228. The number of hydrogen-bond acceptors (Lipinski definition) is 11. The highest BCUT2D eigenvalue weighted by Crippen LogP contribution is 2.26. The predicted molar refractivity (Wildman–Crippen MR) is 302 cm³/mol. The van der Waals surface area contributed by atoms with E-state index >= 15 is 0 Å². The molecule has 6 atom stereocenters. The first-order valence-corrected chi connectivity index (χ1v) is 27.8. The molecule has 0 aliphatic carbocycles. The van der Waals surface area contributed by atoms with E-state index in [1.807, 2.05) is 24.3 Å². The maximum Gasteiger partial charge on any atom is 0.335 e. The van der Waals surface area contributed by atoms with Crippen molar-refractivity contribution in [3.05, 3.63) is 146 Å². The number of hydrogen-bond donors (Lipinski definition) is 3. The van der Waals surface area contributed by atoms with Gasteiger partial charge in [-0.2, -0.15) is 0 Å². The molecule has 0 bridgehead atoms. The molecule has 0 amide bonds. The molecule has 0 spiro atoms. The second-order valence-electron chi connectivity index (χ2n) is 18.1. The molecule has 0 aromatic rings. The number of aliphatic hydroxyl groups excluding tert-OH is 2. The Morgan fingerprint density at radius 1 is 0.467 bits per heavy atom. The van der Waals surface area contributed by atoms with Gasteiger partial charge >= 0.3 is 23.9 Å². The van der Waals surface area contributed by atoms with Crippen LogP contribution in [-0.4, -0.2) is 89.2 Å². The summed E-state index contributed by atoms with van der Waals surface area (Å²) in [6.45, 7) is 5.57. The normalized spacial score (nSPS) is 19.3. The first-order valence-electron chi connectivity index (χ1n) is 27.8. The van der Waals surface area contributed by atoms with Gasteiger partial charge in [0.15, 0.2) is 24.6 Å². The Morgan fingerprint density at radius 2 is 0.907 bits per heavy atom. The van der Waals surface area contributed by atoms with Crippen LogP contribution in [0.4, 0.5) is 0 Å². The minimum absolute atomic E-state index is 0.0737. The molecule has 418 valence electrons. The van der Waals surface area contributed by atoms with Gasteiger partial charge in [-0.3, -0.25) is 14.4 Å². The molecule has 6 unspecified atom stereocenters. The number of allylic oxidation sites excluding steroid dienone is 23. The minimum Gasteiger partial charge on any atom is -0.479 e. The summed E-state index contributed by atoms with van der Waals surface area (Å²) in [5, 5.41) is 31.4. The highest BCUT2D eigenvalue weighted by atomic mass is 16.7. The van der Waals surface area contributed by atoms with Crippen molar-refractivity contribution in [1.82, 2.24) is 0 Å². The van der Waals surface area contributed by atoms with E-state index in [1.54, 1.807) is 12.2 Å². The van der Waals surface area contributed by atoms with Gasteiger partial charge in [0, 0.05) is 12.8 Å². The Bertz CT molecular complexity index is 1860. The Morgan fingerprint density at radius 3 is 1.40 bits per heavy atom. The SMILES string of the molecule is CC/C=C\C/C=C\C/C=C\C/C=C\C/C=C\C/C=C\CCC(=O)OCC(COC1OC(C(=O)O)C(O)C(O)C1OC(=O)C/C=C\C/C=C\C/C=C\C/C=C\C/C=C\CC)OC(=O)CCCCCCC/C=C\CCCC. The first kappa shape index (κ1) is 67.6. The molecule has 0 aromatic heterocycles. The Kier molecular flexibility index (Phi) is 44.6. The van der Waals surface area contributed by atoms with Crippen LogP contribution in [0, 0.1) is 0 Å². The van der Waals surface area contributed by atoms with Crippen LogP contribution in [0.15, 0.2) is 146 Å². The summed E-state index contributed by atoms with van der Waals surface area (Å²) in [5.74, 6) is -3.44. The van der Waals surface area contributed by atoms with E-state index in [2.05, 4.69) is 130 Å². The molecule has 1 rings (SSSR count). The third-order valence-electron chi connectivity index (χ3n) is 11.4. The number of rotatable bonds is 44. The van der Waals surface area contributed by atoms with Crippen molar-refractivity contribution in [3.63, 3.8) is 0 Å². The first-order chi connectivity index (χ1) is 36.6. The number of carbonyl (C=O) groups excluding carboxylic acids is 3. The highest BCUT2D eigenvalue weighted by molar-refractivity contribution is 5.74. The van der Waals surface area contributed by atoms with Gasteiger partial charge in [-0.1, -0.05) is 199 Å². The Balaban J connectivity index is 2.80. The van der Waals surface area contributed by atoms with Gasteiger partial charge < -0.3 is 39.0 Å². The molecule has 12 nitrogen and oxygen atoms in total. The van der Waals surface area contributed by atoms with Crippen molar-refractivity contribution in [3.8, 4) is 0 Å². The lowest BCUT2D eigenvalue weighted by atomic mass is 9.98. The Hall–Kier alpha value is -5.40. The van der Waals surface area contributed by atoms with Crippen LogP contribution < -0.4 is 0 Å². The van der Waals surface area contributed by atoms with Gasteiger partial charge in [0.05, 0.1) is 13.0 Å². The number of esters is 3. The van der Waals surface area contributed by atoms with Crippen LogP contribution in [0.25, 0.3) is 0 Å². The molecule has 0 radical (unpaired) electrons. The van der Waals surface area contributed by atoms with Gasteiger partial charge in [-0.25, -0.2) is 4.79 Å². The molecule has 1 saturated heterocycles. The lowest BCUT2D eigenvalue weighted by Gasteiger charge is -2.40. The van der Waals surface area contributed by atoms with E-state index in [4.69, 9.17) is 23.7 Å². The minimum atomic E-state index is -1.95. The van der Waals surface area contributed by atoms with Gasteiger partial charge in [0.1, 0.15) is 18.8 Å². The fourth-order valence-electron chi connectivity index (χ4n) is 7.21. The van der Waals surface area contributed by atoms with Crippen LogP contribution in [0.3, 0.4) is 0 Å². The van der Waals surface area contributed by atoms with Crippen LogP contribution >= 0.6 is 0 Å². The highest BCUT2D eigenvalue weighted by Gasteiger charge is 2.50. The lowest BCUT2D eigenvalue weighted by molar-refractivity contribution is -0.301. The zero-order valence-corrected chi connectivity index (χ0v) is 45.7. The van der Waals surface area contributed by atoms with Crippen molar-refractivity contribution >= 4 is 23.9 Å². The van der Waals surface area contributed by atoms with E-state index < -0.39 is 67.3 Å². The van der Waals surface area contributed by atoms with Crippen molar-refractivity contribution < 1.29 is 58.2 Å². The topological polar surface area (TPSA) is 175 Å². The van der Waals surface area contributed by atoms with Crippen LogP contribution in [-0.2, 0) is 42.9 Å². The molecule has 12 heteroatoms. The predicted octanol–water partition coefficient (Wildman–Crippen LogP) is 14.0. The lowest BCUT2D eigenvalue weighted by Crippen LogP contribution is -2.61. The standard InChI is InChI=1S/C63H94O12/c1-4-7-10-13-16-19-22-24-26-27-28-29-31-32-35-37-40-43-46-49-55(64)71-52-54(73-56(65)50-47-44-41-38-34-21-18-15-12-9-6-3)53-72-63-61(59(68)58(67)60(75-63)62(69)70)74-57(66)51-48-45-42-39-36-33-30-25-23-20-17-14-11-8-5-2/h7-8,10-11,15-20,24-26,28-30,32,35-36,39-40,43,45,48,54,58-61,63,67-68H,4-6,9,12-14,21-23,27,31,33-34,37-38,41-42,44,46-47,49-53H2,1-3H3,(H,69,70)/b10-7-,11-8-,18-15-,19-16-,20-17-,26-24-,29-28-,30-25-,35-32-,39-36-,43-40-,48-45-. The molecule has 1 heterocycles. The van der Waals surface area contributed by atoms with Crippen molar-refractivity contribution in [1.29, 1.82) is 0 Å². The third kappa shape index (κ3) is 39.7. The number of carboxylic acids is 1. The fraction of sp³-hybridized carbons (Fsp3) is 0.556. The number of unbranched alkanes of at least 4 members (excludes halogenated alkanes) is 7. The van der Waals surface area contributed by atoms with E-state index in [9.17, 15) is 34.5 Å². The van der Waals surface area contributed by atoms with Gasteiger partial charge in [-0.15, -0.1) is 0 Å². The van der Waals surface area contributed by atoms with Crippen molar-refractivity contribution in [2.45, 2.75) is 212 Å². The number of carboxylic acid groups (broad SMARTS) is 1. The second kappa shape index (κ2) is 49.5. The van der Waals surface area contributed by atoms with E-state index in [-0.39, 0.29) is 25.9 Å². The molecule has 75 heavy (non-hydrogen) atoms. The summed E-state index contributed by atoms with van der Waals surface area (Å²) in [5.41, 5.74) is 0. The van der Waals surface area contributed by atoms with Crippen molar-refractivity contribution in [2.24, 2.45) is 0 Å². The number of aliphatic hydroxyl groups is 2. The average Bonchev–Trinajstić information content (AvgIpc) is 3.39. The fourth-order valence-corrected chi connectivity index (χ4v) is 7.21. The van der Waals surface area contributed by atoms with Crippen molar-refractivity contribution in [2.75, 3.05) is 13.2 Å². The van der Waals surface area contributed by atoms with Gasteiger partial charge in [0.2, 0.25) is 0 Å². The largest absolute Gasteiger partial charge is 0.479 e. The van der Waals surface area contributed by atoms with E-state index in [0.29, 0.717) is 25.7 Å². The van der Waals surface area contributed by atoms with Gasteiger partial charge in [0.25, 0.3) is 0 Å². The van der Waals surface area contributed by atoms with Crippen LogP contribution in [0.5, 0.6) is 0 Å². The molecule has 3 N–H and O–H groups in total. The summed E-state index contributed by atoms with van der Waals surface area (Å²) in [6, 6.07) is 0. The molecule has 1 fully saturated rings. The van der Waals surface area contributed by atoms with Gasteiger partial charge in [-0.05, 0) is 103 Å². The summed E-state index contributed by atoms with van der Waals surface area (Å²) in [4.78, 5) is 50.9. The third-order valence-corrected chi connectivity index (χ3v) is 11.4. The Labute approximate surface area is 451 Å². The van der Waals surface area contributed by atoms with Crippen LogP contribution in [0.2, 0.25) is 0 Å². The zero-order valence-electron chi connectivity index (χ0n) is 45.7. The molecule has 1 aliphatic rings. The second-order valence-corrected chi connectivity index (χ2v) is 18.1. The van der Waals surface area contributed by atoms with Crippen LogP contribution in [0.1, 0.15) is 175 Å². The molecule has 0 saturated carbocycles. The summed E-state index contributed by atoms with van der Waals surface area (Å²) >= 11 is 0. The average molecular weight is 1040 g/mol. The smallest absolute Gasteiger partial charge is 0.335 e. The maximum atomic E-state index is 13.1. The summed E-state index contributed by atoms with van der Waals surface area (Å²) in [7, 11) is 0. The molecular formula is C63H94O12. The molecule has 0 aromatic carbocycles. The zero-order chi connectivity index (χ0) is 54.7. The van der Waals surface area contributed by atoms with E-state index in [0.717, 1.165) is 96.3 Å². The summed E-state index contributed by atoms with van der Waals surface area (Å²) in [6.07, 6.45) is 58.7. The van der Waals surface area contributed by atoms with E-state index in [1.165, 1.54) is 12.8 Å². The maximum absolute atomic E-state index is 13.1. The number of aliphatic carboxylic acids is 1. The summed E-state index contributed by atoms with van der Waals surface area (Å²) < 4.78 is 28.1. The molecule has 1 aliphatic heterocycles. The molecular weight excluding hydrogens is 949 g/mol. The number of ether oxygens (including phenoxy) is 5. The number of carbonyl (C=O) groups is 4. The monoisotopic (exact) mass is 1040 g/mol.